The van der Waals surface area contributed by atoms with Gasteiger partial charge in [0.05, 0.1) is 12.1 Å². The van der Waals surface area contributed by atoms with Crippen LogP contribution in [0.25, 0.3) is 0 Å². The number of para-hydroxylation sites is 1. The molecule has 2 amide bonds. The Morgan fingerprint density at radius 2 is 1.63 bits per heavy atom. The molecule has 0 saturated heterocycles. The normalized spacial score (nSPS) is 9.96. The summed E-state index contributed by atoms with van der Waals surface area (Å²) in [5.74, 6) is -0.371. The second kappa shape index (κ2) is 10.6. The molecule has 0 aliphatic carbocycles. The number of ether oxygens (including phenoxy) is 2. The van der Waals surface area contributed by atoms with Crippen LogP contribution in [0.4, 0.5) is 0 Å². The minimum Gasteiger partial charge on any atom is -0.457 e. The van der Waals surface area contributed by atoms with E-state index in [2.05, 4.69) is 10.6 Å². The number of carbonyl (C=O) groups excluding carboxylic acids is 3. The van der Waals surface area contributed by atoms with Crippen LogP contribution >= 0.6 is 0 Å². The molecule has 2 N–H and O–H groups in total. The molecule has 2 aromatic carbocycles. The molecule has 0 saturated carbocycles. The minimum absolute atomic E-state index is 0.156. The van der Waals surface area contributed by atoms with Gasteiger partial charge in [0.2, 0.25) is 5.91 Å². The molecule has 0 radical (unpaired) electrons. The van der Waals surface area contributed by atoms with Gasteiger partial charge in [-0.25, -0.2) is 4.79 Å². The number of rotatable bonds is 9. The summed E-state index contributed by atoms with van der Waals surface area (Å²) in [5, 5.41) is 5.02. The molecule has 0 heterocycles. The molecule has 0 aromatic heterocycles. The Morgan fingerprint density at radius 1 is 0.889 bits per heavy atom. The van der Waals surface area contributed by atoms with E-state index in [4.69, 9.17) is 9.47 Å². The van der Waals surface area contributed by atoms with Crippen molar-refractivity contribution in [3.8, 4) is 11.5 Å². The fourth-order valence-electron chi connectivity index (χ4n) is 2.08. The maximum absolute atomic E-state index is 12.1. The highest BCUT2D eigenvalue weighted by molar-refractivity contribution is 5.92. The molecule has 0 aliphatic heterocycles. The van der Waals surface area contributed by atoms with Crippen molar-refractivity contribution < 1.29 is 23.9 Å². The van der Waals surface area contributed by atoms with Crippen molar-refractivity contribution in [2.45, 2.75) is 13.3 Å². The van der Waals surface area contributed by atoms with Gasteiger partial charge in [-0.1, -0.05) is 31.2 Å². The third-order valence-corrected chi connectivity index (χ3v) is 3.40. The summed E-state index contributed by atoms with van der Waals surface area (Å²) in [6.45, 7) is 1.85. The first-order valence-electron chi connectivity index (χ1n) is 8.62. The summed E-state index contributed by atoms with van der Waals surface area (Å²) >= 11 is 0. The van der Waals surface area contributed by atoms with Gasteiger partial charge in [0.1, 0.15) is 11.5 Å². The van der Waals surface area contributed by atoms with E-state index < -0.39 is 18.5 Å². The van der Waals surface area contributed by atoms with Crippen molar-refractivity contribution in [2.75, 3.05) is 19.7 Å². The summed E-state index contributed by atoms with van der Waals surface area (Å²) in [4.78, 5) is 35.2. The maximum atomic E-state index is 12.1. The molecule has 2 rings (SSSR count). The van der Waals surface area contributed by atoms with E-state index in [1.54, 1.807) is 30.3 Å². The quantitative estimate of drug-likeness (QED) is 0.661. The van der Waals surface area contributed by atoms with E-state index in [0.29, 0.717) is 18.0 Å². The average Bonchev–Trinajstić information content (AvgIpc) is 2.69. The highest BCUT2D eigenvalue weighted by Crippen LogP contribution is 2.22. The van der Waals surface area contributed by atoms with Crippen molar-refractivity contribution in [3.63, 3.8) is 0 Å². The molecule has 0 aliphatic rings. The topological polar surface area (TPSA) is 93.7 Å². The molecule has 0 spiro atoms. The zero-order chi connectivity index (χ0) is 19.5. The highest BCUT2D eigenvalue weighted by atomic mass is 16.5. The lowest BCUT2D eigenvalue weighted by Gasteiger charge is -2.09. The second-order valence-electron chi connectivity index (χ2n) is 5.65. The number of hydrogen-bond donors (Lipinski definition) is 2. The molecule has 7 heteroatoms. The largest absolute Gasteiger partial charge is 0.457 e. The van der Waals surface area contributed by atoms with Gasteiger partial charge in [0.15, 0.2) is 6.61 Å². The van der Waals surface area contributed by atoms with Crippen LogP contribution in [0.5, 0.6) is 11.5 Å². The van der Waals surface area contributed by atoms with Crippen LogP contribution in [0.1, 0.15) is 23.7 Å². The van der Waals surface area contributed by atoms with Gasteiger partial charge >= 0.3 is 5.97 Å². The smallest absolute Gasteiger partial charge is 0.338 e. The first-order valence-corrected chi connectivity index (χ1v) is 8.62. The van der Waals surface area contributed by atoms with E-state index in [1.165, 1.54) is 6.07 Å². The second-order valence-corrected chi connectivity index (χ2v) is 5.65. The molecule has 7 nitrogen and oxygen atoms in total. The molecule has 27 heavy (non-hydrogen) atoms. The van der Waals surface area contributed by atoms with E-state index >= 15 is 0 Å². The zero-order valence-corrected chi connectivity index (χ0v) is 15.1. The van der Waals surface area contributed by atoms with Crippen LogP contribution in [-0.4, -0.2) is 37.5 Å². The van der Waals surface area contributed by atoms with Gasteiger partial charge in [0, 0.05) is 6.54 Å². The lowest BCUT2D eigenvalue weighted by atomic mass is 10.2. The number of hydrogen-bond acceptors (Lipinski definition) is 5. The summed E-state index contributed by atoms with van der Waals surface area (Å²) in [7, 11) is 0. The van der Waals surface area contributed by atoms with E-state index in [9.17, 15) is 14.4 Å². The van der Waals surface area contributed by atoms with Crippen molar-refractivity contribution in [1.29, 1.82) is 0 Å². The molecule has 142 valence electrons. The van der Waals surface area contributed by atoms with E-state index in [0.717, 1.165) is 6.42 Å². The van der Waals surface area contributed by atoms with Crippen LogP contribution in [0, 0.1) is 0 Å². The van der Waals surface area contributed by atoms with Crippen LogP contribution in [0.2, 0.25) is 0 Å². The average molecular weight is 370 g/mol. The Bertz CT molecular complexity index is 777. The van der Waals surface area contributed by atoms with Crippen LogP contribution in [0.3, 0.4) is 0 Å². The fourth-order valence-corrected chi connectivity index (χ4v) is 2.08. The number of amides is 2. The number of benzene rings is 2. The standard InChI is InChI=1S/C20H22N2O5/c1-2-11-21-18(23)13-22-19(24)14-26-20(25)15-7-6-10-17(12-15)27-16-8-4-3-5-9-16/h3-10,12H,2,11,13-14H2,1H3,(H,21,23)(H,22,24). The highest BCUT2D eigenvalue weighted by Gasteiger charge is 2.12. The van der Waals surface area contributed by atoms with Crippen LogP contribution in [-0.2, 0) is 14.3 Å². The van der Waals surface area contributed by atoms with E-state index in [1.807, 2.05) is 25.1 Å². The first-order chi connectivity index (χ1) is 13.1. The van der Waals surface area contributed by atoms with Gasteiger partial charge < -0.3 is 20.1 Å². The lowest BCUT2D eigenvalue weighted by molar-refractivity contribution is -0.127. The van der Waals surface area contributed by atoms with Gasteiger partial charge in [-0.2, -0.15) is 0 Å². The van der Waals surface area contributed by atoms with Crippen molar-refractivity contribution in [3.05, 3.63) is 60.2 Å². The van der Waals surface area contributed by atoms with Gasteiger partial charge in [0.25, 0.3) is 5.91 Å². The number of esters is 1. The number of carbonyl (C=O) groups is 3. The summed E-state index contributed by atoms with van der Waals surface area (Å²) in [5.41, 5.74) is 0.261. The van der Waals surface area contributed by atoms with Crippen molar-refractivity contribution in [2.24, 2.45) is 0 Å². The Hall–Kier alpha value is -3.35. The first kappa shape index (κ1) is 20.0. The molecule has 0 bridgehead atoms. The minimum atomic E-state index is -0.654. The van der Waals surface area contributed by atoms with Crippen molar-refractivity contribution >= 4 is 17.8 Å². The predicted octanol–water partition coefficient (Wildman–Crippen LogP) is 2.28. The molecular weight excluding hydrogens is 348 g/mol. The SMILES string of the molecule is CCCNC(=O)CNC(=O)COC(=O)c1cccc(Oc2ccccc2)c1. The van der Waals surface area contributed by atoms with Crippen LogP contribution < -0.4 is 15.4 Å². The monoisotopic (exact) mass is 370 g/mol. The molecule has 0 atom stereocenters. The molecule has 0 fully saturated rings. The Morgan fingerprint density at radius 3 is 2.37 bits per heavy atom. The molecule has 0 unspecified atom stereocenters. The Labute approximate surface area is 157 Å². The summed E-state index contributed by atoms with van der Waals surface area (Å²) in [6.07, 6.45) is 0.810. The molecule has 2 aromatic rings. The maximum Gasteiger partial charge on any atom is 0.338 e. The van der Waals surface area contributed by atoms with Gasteiger partial charge in [-0.3, -0.25) is 9.59 Å². The van der Waals surface area contributed by atoms with Gasteiger partial charge in [-0.15, -0.1) is 0 Å². The van der Waals surface area contributed by atoms with Crippen LogP contribution in [0.15, 0.2) is 54.6 Å². The Kier molecular flexibility index (Phi) is 7.84. The lowest BCUT2D eigenvalue weighted by Crippen LogP contribution is -2.38. The van der Waals surface area contributed by atoms with Crippen molar-refractivity contribution in [1.82, 2.24) is 10.6 Å². The fraction of sp³-hybridized carbons (Fsp3) is 0.250. The third kappa shape index (κ3) is 7.19. The summed E-state index contributed by atoms with van der Waals surface area (Å²) < 4.78 is 10.6. The third-order valence-electron chi connectivity index (χ3n) is 3.40. The number of nitrogens with one attached hydrogen (secondary N) is 2. The van der Waals surface area contributed by atoms with Gasteiger partial charge in [-0.05, 0) is 36.8 Å². The molecular formula is C20H22N2O5. The zero-order valence-electron chi connectivity index (χ0n) is 15.1. The van der Waals surface area contributed by atoms with E-state index in [-0.39, 0.29) is 18.0 Å². The predicted molar refractivity (Wildman–Crippen MR) is 99.6 cm³/mol. The summed E-state index contributed by atoms with van der Waals surface area (Å²) in [6, 6.07) is 15.6. The Balaban J connectivity index is 1.81.